The second kappa shape index (κ2) is 12.2. The van der Waals surface area contributed by atoms with Crippen LogP contribution in [-0.4, -0.2) is 38.9 Å². The number of nitrogens with zero attached hydrogens (tertiary/aromatic N) is 4. The van der Waals surface area contributed by atoms with Crippen molar-refractivity contribution in [2.75, 3.05) is 13.1 Å². The van der Waals surface area contributed by atoms with Gasteiger partial charge in [-0.1, -0.05) is 31.9 Å². The maximum atomic E-state index is 12.4. The Hall–Kier alpha value is -3.70. The standard InChI is InChI=1S/C19H17N5O2.C5H13N/c1-3-21-18(25)16-12(2)8-9-22-17(16)24-19(26)15(11-23-24)14-6-4-13(10-20)5-7-14;1-2-3-4-5-6/h4-9,11,26H,3H2,1-2H3,(H,21,25);2-6H2,1H3. The first-order valence-corrected chi connectivity index (χ1v) is 10.7. The third kappa shape index (κ3) is 5.93. The average molecular weight is 435 g/mol. The molecule has 0 aliphatic rings. The predicted molar refractivity (Wildman–Crippen MR) is 124 cm³/mol. The lowest BCUT2D eigenvalue weighted by Crippen LogP contribution is -2.25. The molecule has 0 spiro atoms. The highest BCUT2D eigenvalue weighted by Crippen LogP contribution is 2.31. The minimum Gasteiger partial charge on any atom is -0.493 e. The summed E-state index contributed by atoms with van der Waals surface area (Å²) < 4.78 is 1.24. The van der Waals surface area contributed by atoms with E-state index in [1.807, 2.05) is 6.92 Å². The Kier molecular flexibility index (Phi) is 9.39. The lowest BCUT2D eigenvalue weighted by atomic mass is 10.1. The minimum absolute atomic E-state index is 0.127. The normalized spacial score (nSPS) is 10.1. The number of aromatic hydroxyl groups is 1. The Bertz CT molecular complexity index is 1060. The molecule has 0 radical (unpaired) electrons. The molecule has 0 unspecified atom stereocenters. The molecule has 3 rings (SSSR count). The number of nitriles is 1. The SMILES string of the molecule is CCCCCN.CCNC(=O)c1c(C)ccnc1-n1ncc(-c2ccc(C#N)cc2)c1O. The number of benzene rings is 1. The molecule has 32 heavy (non-hydrogen) atoms. The minimum atomic E-state index is -0.275. The van der Waals surface area contributed by atoms with E-state index in [2.05, 4.69) is 28.4 Å². The molecule has 8 heteroatoms. The van der Waals surface area contributed by atoms with Crippen molar-refractivity contribution in [3.8, 4) is 28.9 Å². The molecule has 0 fully saturated rings. The molecule has 0 aliphatic heterocycles. The zero-order valence-corrected chi connectivity index (χ0v) is 18.8. The first-order valence-electron chi connectivity index (χ1n) is 10.7. The van der Waals surface area contributed by atoms with Gasteiger partial charge in [0.2, 0.25) is 5.88 Å². The van der Waals surface area contributed by atoms with Gasteiger partial charge < -0.3 is 16.2 Å². The number of aromatic nitrogens is 3. The Morgan fingerprint density at radius 3 is 2.50 bits per heavy atom. The molecule has 168 valence electrons. The van der Waals surface area contributed by atoms with Gasteiger partial charge in [-0.15, -0.1) is 0 Å². The molecular weight excluding hydrogens is 404 g/mol. The summed E-state index contributed by atoms with van der Waals surface area (Å²) in [7, 11) is 0. The number of amides is 1. The largest absolute Gasteiger partial charge is 0.493 e. The highest BCUT2D eigenvalue weighted by atomic mass is 16.3. The van der Waals surface area contributed by atoms with Crippen LogP contribution in [-0.2, 0) is 0 Å². The predicted octanol–water partition coefficient (Wildman–Crippen LogP) is 3.71. The molecule has 4 N–H and O–H groups in total. The Morgan fingerprint density at radius 1 is 1.22 bits per heavy atom. The summed E-state index contributed by atoms with van der Waals surface area (Å²) in [4.78, 5) is 16.7. The average Bonchev–Trinajstić information content (AvgIpc) is 3.19. The van der Waals surface area contributed by atoms with Crippen molar-refractivity contribution in [3.05, 3.63) is 59.4 Å². The molecule has 0 aliphatic carbocycles. The van der Waals surface area contributed by atoms with Crippen LogP contribution in [0.5, 0.6) is 5.88 Å². The van der Waals surface area contributed by atoms with Crippen LogP contribution in [0, 0.1) is 18.3 Å². The summed E-state index contributed by atoms with van der Waals surface area (Å²) in [6, 6.07) is 10.6. The second-order valence-electron chi connectivity index (χ2n) is 7.16. The quantitative estimate of drug-likeness (QED) is 0.486. The number of rotatable bonds is 7. The van der Waals surface area contributed by atoms with E-state index < -0.39 is 0 Å². The van der Waals surface area contributed by atoms with Crippen LogP contribution in [0.15, 0.2) is 42.7 Å². The Labute approximate surface area is 188 Å². The topological polar surface area (TPSA) is 130 Å². The molecule has 2 aromatic heterocycles. The highest BCUT2D eigenvalue weighted by Gasteiger charge is 2.21. The maximum Gasteiger partial charge on any atom is 0.255 e. The molecule has 2 heterocycles. The maximum absolute atomic E-state index is 12.4. The van der Waals surface area contributed by atoms with Crippen molar-refractivity contribution in [2.24, 2.45) is 5.73 Å². The third-order valence-electron chi connectivity index (χ3n) is 4.78. The van der Waals surface area contributed by atoms with E-state index in [1.165, 1.54) is 30.1 Å². The van der Waals surface area contributed by atoms with Crippen molar-refractivity contribution in [2.45, 2.75) is 40.0 Å². The van der Waals surface area contributed by atoms with Crippen molar-refractivity contribution >= 4 is 5.91 Å². The smallest absolute Gasteiger partial charge is 0.255 e. The van der Waals surface area contributed by atoms with Gasteiger partial charge in [0.25, 0.3) is 5.91 Å². The molecule has 3 aromatic rings. The van der Waals surface area contributed by atoms with Crippen LogP contribution in [0.3, 0.4) is 0 Å². The molecule has 0 saturated carbocycles. The Morgan fingerprint density at radius 2 is 1.94 bits per heavy atom. The lowest BCUT2D eigenvalue weighted by molar-refractivity contribution is 0.0954. The van der Waals surface area contributed by atoms with Crippen LogP contribution in [0.4, 0.5) is 0 Å². The summed E-state index contributed by atoms with van der Waals surface area (Å²) >= 11 is 0. The fraction of sp³-hybridized carbons (Fsp3) is 0.333. The summed E-state index contributed by atoms with van der Waals surface area (Å²) in [5.41, 5.74) is 8.03. The van der Waals surface area contributed by atoms with Crippen molar-refractivity contribution in [1.29, 1.82) is 5.26 Å². The van der Waals surface area contributed by atoms with Crippen molar-refractivity contribution in [1.82, 2.24) is 20.1 Å². The van der Waals surface area contributed by atoms with Gasteiger partial charge in [0.05, 0.1) is 29.0 Å². The summed E-state index contributed by atoms with van der Waals surface area (Å²) in [6.07, 6.45) is 6.82. The fourth-order valence-corrected chi connectivity index (χ4v) is 3.05. The summed E-state index contributed by atoms with van der Waals surface area (Å²) in [5, 5.41) is 26.5. The van der Waals surface area contributed by atoms with E-state index >= 15 is 0 Å². The van der Waals surface area contributed by atoms with Crippen LogP contribution >= 0.6 is 0 Å². The first-order chi connectivity index (χ1) is 15.5. The molecule has 0 bridgehead atoms. The zero-order chi connectivity index (χ0) is 23.5. The van der Waals surface area contributed by atoms with Gasteiger partial charge >= 0.3 is 0 Å². The monoisotopic (exact) mass is 434 g/mol. The number of nitrogens with one attached hydrogen (secondary N) is 1. The van der Waals surface area contributed by atoms with Gasteiger partial charge in [-0.25, -0.2) is 4.98 Å². The van der Waals surface area contributed by atoms with Crippen LogP contribution in [0.1, 0.15) is 54.6 Å². The van der Waals surface area contributed by atoms with E-state index in [9.17, 15) is 9.90 Å². The summed E-state index contributed by atoms with van der Waals surface area (Å²) in [5.74, 6) is -0.144. The summed E-state index contributed by atoms with van der Waals surface area (Å²) in [6.45, 7) is 7.15. The number of unbranched alkanes of at least 4 members (excludes halogenated alkanes) is 2. The van der Waals surface area contributed by atoms with E-state index in [1.54, 1.807) is 43.5 Å². The first kappa shape index (κ1) is 24.6. The number of pyridine rings is 1. The molecule has 1 aromatic carbocycles. The third-order valence-corrected chi connectivity index (χ3v) is 4.78. The number of carbonyl (C=O) groups is 1. The van der Waals surface area contributed by atoms with E-state index in [4.69, 9.17) is 11.0 Å². The molecule has 8 nitrogen and oxygen atoms in total. The number of hydrogen-bond donors (Lipinski definition) is 3. The number of carbonyl (C=O) groups excluding carboxylic acids is 1. The number of nitrogens with two attached hydrogens (primary N) is 1. The fourth-order valence-electron chi connectivity index (χ4n) is 3.05. The lowest BCUT2D eigenvalue weighted by Gasteiger charge is -2.12. The van der Waals surface area contributed by atoms with E-state index in [-0.39, 0.29) is 17.6 Å². The second-order valence-corrected chi connectivity index (χ2v) is 7.16. The van der Waals surface area contributed by atoms with E-state index in [0.717, 1.165) is 12.1 Å². The van der Waals surface area contributed by atoms with Gasteiger partial charge in [-0.2, -0.15) is 15.0 Å². The van der Waals surface area contributed by atoms with Gasteiger partial charge in [0.1, 0.15) is 0 Å². The zero-order valence-electron chi connectivity index (χ0n) is 18.8. The van der Waals surface area contributed by atoms with Gasteiger partial charge in [0, 0.05) is 12.7 Å². The van der Waals surface area contributed by atoms with E-state index in [0.29, 0.717) is 28.8 Å². The highest BCUT2D eigenvalue weighted by molar-refractivity contribution is 5.98. The molecule has 0 atom stereocenters. The van der Waals surface area contributed by atoms with Crippen molar-refractivity contribution in [3.63, 3.8) is 0 Å². The van der Waals surface area contributed by atoms with Gasteiger partial charge in [0.15, 0.2) is 5.82 Å². The number of aryl methyl sites for hydroxylation is 1. The Balaban J connectivity index is 0.000000534. The van der Waals surface area contributed by atoms with Crippen LogP contribution in [0.25, 0.3) is 16.9 Å². The van der Waals surface area contributed by atoms with Gasteiger partial charge in [-0.05, 0) is 56.1 Å². The van der Waals surface area contributed by atoms with Gasteiger partial charge in [-0.3, -0.25) is 4.79 Å². The van der Waals surface area contributed by atoms with Crippen LogP contribution in [0.2, 0.25) is 0 Å². The molecular formula is C24H30N6O2. The number of hydrogen-bond acceptors (Lipinski definition) is 6. The van der Waals surface area contributed by atoms with Crippen LogP contribution < -0.4 is 11.1 Å². The molecule has 1 amide bonds. The molecule has 0 saturated heterocycles. The van der Waals surface area contributed by atoms with Crippen molar-refractivity contribution < 1.29 is 9.90 Å².